The van der Waals surface area contributed by atoms with Gasteiger partial charge in [0.1, 0.15) is 5.82 Å². The van der Waals surface area contributed by atoms with Crippen molar-refractivity contribution < 1.29 is 0 Å². The van der Waals surface area contributed by atoms with Gasteiger partial charge >= 0.3 is 0 Å². The third kappa shape index (κ3) is 4.88. The van der Waals surface area contributed by atoms with Crippen LogP contribution in [0.5, 0.6) is 0 Å². The summed E-state index contributed by atoms with van der Waals surface area (Å²) in [6.45, 7) is 9.03. The Bertz CT molecular complexity index is 394. The molecule has 104 valence electrons. The van der Waals surface area contributed by atoms with Gasteiger partial charge in [0.15, 0.2) is 0 Å². The lowest BCUT2D eigenvalue weighted by molar-refractivity contribution is 0.569. The van der Waals surface area contributed by atoms with Gasteiger partial charge < -0.3 is 10.2 Å². The molecule has 1 N–H and O–H groups in total. The highest BCUT2D eigenvalue weighted by atomic mass is 15.2. The van der Waals surface area contributed by atoms with E-state index in [1.807, 2.05) is 12.3 Å². The number of anilines is 1. The zero-order valence-electron chi connectivity index (χ0n) is 12.2. The van der Waals surface area contributed by atoms with Crippen LogP contribution in [0, 0.1) is 11.3 Å². The Hall–Kier alpha value is -1.60. The third-order valence-electron chi connectivity index (χ3n) is 3.17. The molecule has 0 aliphatic carbocycles. The molecule has 0 aromatic carbocycles. The topological polar surface area (TPSA) is 52.0 Å². The number of hydrogen-bond donors (Lipinski definition) is 1. The zero-order valence-corrected chi connectivity index (χ0v) is 12.2. The van der Waals surface area contributed by atoms with E-state index in [1.165, 1.54) is 5.56 Å². The molecule has 1 aromatic rings. The molecule has 1 aromatic heterocycles. The van der Waals surface area contributed by atoms with E-state index < -0.39 is 0 Å². The fraction of sp³-hybridized carbons (Fsp3) is 0.600. The minimum atomic E-state index is 0.329. The Morgan fingerprint density at radius 1 is 1.42 bits per heavy atom. The highest BCUT2D eigenvalue weighted by Crippen LogP contribution is 2.16. The Labute approximate surface area is 116 Å². The molecule has 4 nitrogen and oxygen atoms in total. The summed E-state index contributed by atoms with van der Waals surface area (Å²) >= 11 is 0. The first-order chi connectivity index (χ1) is 9.22. The number of nitrogens with one attached hydrogen (secondary N) is 1. The number of hydrogen-bond acceptors (Lipinski definition) is 4. The van der Waals surface area contributed by atoms with E-state index in [0.29, 0.717) is 12.5 Å². The molecule has 1 rings (SSSR count). The Morgan fingerprint density at radius 3 is 2.74 bits per heavy atom. The molecule has 0 bridgehead atoms. The van der Waals surface area contributed by atoms with Crippen LogP contribution < -0.4 is 10.2 Å². The third-order valence-corrected chi connectivity index (χ3v) is 3.17. The summed E-state index contributed by atoms with van der Waals surface area (Å²) in [6.07, 6.45) is 3.59. The molecule has 0 fully saturated rings. The number of nitrogens with zero attached hydrogens (tertiary/aromatic N) is 3. The van der Waals surface area contributed by atoms with Crippen LogP contribution in [0.25, 0.3) is 0 Å². The predicted molar refractivity (Wildman–Crippen MR) is 79.1 cm³/mol. The van der Waals surface area contributed by atoms with Crippen molar-refractivity contribution in [2.45, 2.75) is 39.7 Å². The highest BCUT2D eigenvalue weighted by molar-refractivity contribution is 5.39. The number of aromatic nitrogens is 1. The van der Waals surface area contributed by atoms with Gasteiger partial charge in [0.2, 0.25) is 0 Å². The van der Waals surface area contributed by atoms with Crippen molar-refractivity contribution in [3.63, 3.8) is 0 Å². The van der Waals surface area contributed by atoms with Gasteiger partial charge in [-0.25, -0.2) is 4.98 Å². The van der Waals surface area contributed by atoms with Gasteiger partial charge in [0.25, 0.3) is 0 Å². The summed E-state index contributed by atoms with van der Waals surface area (Å²) in [7, 11) is 0. The Morgan fingerprint density at radius 2 is 2.21 bits per heavy atom. The van der Waals surface area contributed by atoms with Crippen LogP contribution in [-0.4, -0.2) is 24.6 Å². The maximum atomic E-state index is 8.65. The summed E-state index contributed by atoms with van der Waals surface area (Å²) in [5.41, 5.74) is 1.20. The largest absolute Gasteiger partial charge is 0.356 e. The molecule has 19 heavy (non-hydrogen) atoms. The van der Waals surface area contributed by atoms with Gasteiger partial charge in [-0.2, -0.15) is 5.26 Å². The second kappa shape index (κ2) is 8.49. The summed E-state index contributed by atoms with van der Waals surface area (Å²) < 4.78 is 0. The molecule has 1 heterocycles. The van der Waals surface area contributed by atoms with Crippen molar-refractivity contribution in [2.75, 3.05) is 24.5 Å². The highest BCUT2D eigenvalue weighted by Gasteiger charge is 2.08. The van der Waals surface area contributed by atoms with Gasteiger partial charge in [0, 0.05) is 25.3 Å². The van der Waals surface area contributed by atoms with Crippen LogP contribution in [0.2, 0.25) is 0 Å². The minimum Gasteiger partial charge on any atom is -0.356 e. The lowest BCUT2D eigenvalue weighted by Crippen LogP contribution is -2.25. The second-order valence-corrected chi connectivity index (χ2v) is 4.61. The van der Waals surface area contributed by atoms with E-state index in [-0.39, 0.29) is 0 Å². The van der Waals surface area contributed by atoms with Crippen molar-refractivity contribution in [3.8, 4) is 6.07 Å². The van der Waals surface area contributed by atoms with Gasteiger partial charge in [-0.3, -0.25) is 0 Å². The maximum Gasteiger partial charge on any atom is 0.128 e. The fourth-order valence-electron chi connectivity index (χ4n) is 1.94. The smallest absolute Gasteiger partial charge is 0.128 e. The van der Waals surface area contributed by atoms with E-state index in [1.54, 1.807) is 0 Å². The summed E-state index contributed by atoms with van der Waals surface area (Å²) in [5, 5.41) is 12.1. The SMILES string of the molecule is CCCNC(C)c1ccc(N(CC)CCC#N)nc1. The molecule has 0 aliphatic heterocycles. The summed E-state index contributed by atoms with van der Waals surface area (Å²) in [5.74, 6) is 0.948. The molecule has 0 amide bonds. The molecule has 0 saturated heterocycles. The van der Waals surface area contributed by atoms with Crippen LogP contribution in [0.15, 0.2) is 18.3 Å². The molecular formula is C15H24N4. The molecule has 4 heteroatoms. The van der Waals surface area contributed by atoms with Crippen LogP contribution >= 0.6 is 0 Å². The van der Waals surface area contributed by atoms with E-state index >= 15 is 0 Å². The molecular weight excluding hydrogens is 236 g/mol. The van der Waals surface area contributed by atoms with Gasteiger partial charge in [-0.05, 0) is 38.4 Å². The first kappa shape index (κ1) is 15.5. The fourth-order valence-corrected chi connectivity index (χ4v) is 1.94. The van der Waals surface area contributed by atoms with E-state index in [9.17, 15) is 0 Å². The van der Waals surface area contributed by atoms with Crippen molar-refractivity contribution in [1.29, 1.82) is 5.26 Å². The molecule has 0 aliphatic rings. The van der Waals surface area contributed by atoms with Crippen molar-refractivity contribution in [2.24, 2.45) is 0 Å². The second-order valence-electron chi connectivity index (χ2n) is 4.61. The number of nitriles is 1. The van der Waals surface area contributed by atoms with Gasteiger partial charge in [0.05, 0.1) is 12.5 Å². The standard InChI is InChI=1S/C15H24N4/c1-4-10-17-13(3)14-7-8-15(18-12-14)19(5-2)11-6-9-16/h7-8,12-13,17H,4-6,10-11H2,1-3H3. The predicted octanol–water partition coefficient (Wildman–Crippen LogP) is 2.88. The Balaban J connectivity index is 2.66. The van der Waals surface area contributed by atoms with E-state index in [0.717, 1.165) is 31.9 Å². The first-order valence-corrected chi connectivity index (χ1v) is 7.04. The van der Waals surface area contributed by atoms with Gasteiger partial charge in [-0.15, -0.1) is 0 Å². The number of pyridine rings is 1. The monoisotopic (exact) mass is 260 g/mol. The summed E-state index contributed by atoms with van der Waals surface area (Å²) in [6, 6.07) is 6.66. The maximum absolute atomic E-state index is 8.65. The molecule has 1 atom stereocenters. The summed E-state index contributed by atoms with van der Waals surface area (Å²) in [4.78, 5) is 6.63. The van der Waals surface area contributed by atoms with Gasteiger partial charge in [-0.1, -0.05) is 13.0 Å². The number of rotatable bonds is 8. The van der Waals surface area contributed by atoms with Crippen molar-refractivity contribution in [3.05, 3.63) is 23.9 Å². The zero-order chi connectivity index (χ0) is 14.1. The molecule has 1 unspecified atom stereocenters. The van der Waals surface area contributed by atoms with Crippen LogP contribution in [-0.2, 0) is 0 Å². The minimum absolute atomic E-state index is 0.329. The molecule has 0 spiro atoms. The van der Waals surface area contributed by atoms with E-state index in [2.05, 4.69) is 48.1 Å². The van der Waals surface area contributed by atoms with Crippen LogP contribution in [0.4, 0.5) is 5.82 Å². The lowest BCUT2D eigenvalue weighted by atomic mass is 10.1. The van der Waals surface area contributed by atoms with Crippen LogP contribution in [0.1, 0.15) is 45.2 Å². The average Bonchev–Trinajstić information content (AvgIpc) is 2.46. The van der Waals surface area contributed by atoms with E-state index in [4.69, 9.17) is 5.26 Å². The molecule has 0 radical (unpaired) electrons. The van der Waals surface area contributed by atoms with Crippen molar-refractivity contribution >= 4 is 5.82 Å². The molecule has 0 saturated carbocycles. The van der Waals surface area contributed by atoms with Crippen molar-refractivity contribution in [1.82, 2.24) is 10.3 Å². The first-order valence-electron chi connectivity index (χ1n) is 7.04. The Kier molecular flexibility index (Phi) is 6.91. The normalized spacial score (nSPS) is 11.9. The van der Waals surface area contributed by atoms with Crippen LogP contribution in [0.3, 0.4) is 0 Å². The average molecular weight is 260 g/mol. The lowest BCUT2D eigenvalue weighted by Gasteiger charge is -2.21. The quantitative estimate of drug-likeness (QED) is 0.781.